The van der Waals surface area contributed by atoms with Crippen molar-refractivity contribution in [1.29, 1.82) is 5.26 Å². The molecule has 1 N–H and O–H groups in total. The van der Waals surface area contributed by atoms with Gasteiger partial charge in [-0.05, 0) is 41.5 Å². The number of nitro groups is 1. The number of carbonyl (C=O) groups excluding carboxylic acids is 1. The minimum absolute atomic E-state index is 0.000802. The van der Waals surface area contributed by atoms with E-state index in [-0.39, 0.29) is 50.1 Å². The summed E-state index contributed by atoms with van der Waals surface area (Å²) in [7, 11) is 1.40. The molecule has 0 saturated heterocycles. The number of carbonyl (C=O) groups is 1. The van der Waals surface area contributed by atoms with E-state index in [2.05, 4.69) is 5.32 Å². The van der Waals surface area contributed by atoms with Crippen molar-refractivity contribution in [3.63, 3.8) is 0 Å². The number of anilines is 1. The molecule has 35 heavy (non-hydrogen) atoms. The molecule has 0 heterocycles. The Morgan fingerprint density at radius 2 is 1.89 bits per heavy atom. The third kappa shape index (κ3) is 6.43. The Balaban J connectivity index is 1.83. The van der Waals surface area contributed by atoms with Crippen LogP contribution in [0.5, 0.6) is 11.5 Å². The van der Waals surface area contributed by atoms with Gasteiger partial charge >= 0.3 is 0 Å². The maximum atomic E-state index is 12.6. The van der Waals surface area contributed by atoms with Crippen LogP contribution in [0.3, 0.4) is 0 Å². The van der Waals surface area contributed by atoms with Gasteiger partial charge in [-0.1, -0.05) is 53.0 Å². The molecule has 0 fully saturated rings. The molecular weight excluding hydrogens is 517 g/mol. The van der Waals surface area contributed by atoms with Gasteiger partial charge in [-0.25, -0.2) is 0 Å². The predicted molar refractivity (Wildman–Crippen MR) is 134 cm³/mol. The largest absolute Gasteiger partial charge is 0.493 e. The molecule has 1 amide bonds. The van der Waals surface area contributed by atoms with E-state index in [4.69, 9.17) is 44.3 Å². The van der Waals surface area contributed by atoms with Gasteiger partial charge in [0.1, 0.15) is 18.2 Å². The van der Waals surface area contributed by atoms with E-state index in [1.807, 2.05) is 6.07 Å². The van der Waals surface area contributed by atoms with Gasteiger partial charge in [-0.15, -0.1) is 0 Å². The fourth-order valence-electron chi connectivity index (χ4n) is 2.98. The molecule has 8 nitrogen and oxygen atoms in total. The zero-order chi connectivity index (χ0) is 25.5. The second-order valence-electron chi connectivity index (χ2n) is 6.98. The first-order valence-electron chi connectivity index (χ1n) is 9.84. The number of ether oxygens (including phenoxy) is 2. The van der Waals surface area contributed by atoms with Crippen LogP contribution in [0, 0.1) is 21.4 Å². The number of non-ortho nitro benzene ring substituents is 1. The maximum absolute atomic E-state index is 12.6. The van der Waals surface area contributed by atoms with Gasteiger partial charge in [0.2, 0.25) is 0 Å². The van der Waals surface area contributed by atoms with Gasteiger partial charge in [-0.2, -0.15) is 5.26 Å². The van der Waals surface area contributed by atoms with Crippen molar-refractivity contribution in [1.82, 2.24) is 0 Å². The molecule has 0 aliphatic rings. The molecule has 0 atom stereocenters. The fraction of sp³-hybridized carbons (Fsp3) is 0.0833. The third-order valence-corrected chi connectivity index (χ3v) is 5.73. The first kappa shape index (κ1) is 25.8. The SMILES string of the molecule is COc1cc(/C=C(\C#N)C(=O)Nc2cccc(Cl)c2Cl)cc(Cl)c1OCc1cccc([N+](=O)[O-])c1. The lowest BCUT2D eigenvalue weighted by molar-refractivity contribution is -0.384. The van der Waals surface area contributed by atoms with E-state index in [1.165, 1.54) is 37.5 Å². The molecule has 0 aliphatic heterocycles. The maximum Gasteiger partial charge on any atom is 0.269 e. The highest BCUT2D eigenvalue weighted by Crippen LogP contribution is 2.38. The Morgan fingerprint density at radius 3 is 2.57 bits per heavy atom. The number of methoxy groups -OCH3 is 1. The normalized spacial score (nSPS) is 10.9. The standard InChI is InChI=1S/C24H16Cl3N3O5/c1-34-21-11-15(8-16(12-28)24(31)29-20-7-3-6-18(25)22(20)27)10-19(26)23(21)35-13-14-4-2-5-17(9-14)30(32)33/h2-11H,13H2,1H3,(H,29,31)/b16-8+. The van der Waals surface area contributed by atoms with E-state index in [0.717, 1.165) is 0 Å². The summed E-state index contributed by atoms with van der Waals surface area (Å²) in [4.78, 5) is 23.1. The Labute approximate surface area is 215 Å². The zero-order valence-electron chi connectivity index (χ0n) is 18.1. The highest BCUT2D eigenvalue weighted by molar-refractivity contribution is 6.44. The van der Waals surface area contributed by atoms with Gasteiger partial charge in [0, 0.05) is 12.1 Å². The van der Waals surface area contributed by atoms with Gasteiger partial charge in [0.25, 0.3) is 11.6 Å². The molecule has 178 valence electrons. The molecule has 3 aromatic rings. The Morgan fingerprint density at radius 1 is 1.14 bits per heavy atom. The van der Waals surface area contributed by atoms with Crippen molar-refractivity contribution in [3.05, 3.63) is 96.5 Å². The average Bonchev–Trinajstić information content (AvgIpc) is 2.84. The van der Waals surface area contributed by atoms with E-state index >= 15 is 0 Å². The quantitative estimate of drug-likeness (QED) is 0.150. The monoisotopic (exact) mass is 531 g/mol. The van der Waals surface area contributed by atoms with Crippen LogP contribution in [-0.4, -0.2) is 17.9 Å². The van der Waals surface area contributed by atoms with E-state index in [0.29, 0.717) is 11.1 Å². The van der Waals surface area contributed by atoms with Crippen LogP contribution in [0.2, 0.25) is 15.1 Å². The second-order valence-corrected chi connectivity index (χ2v) is 8.17. The van der Waals surface area contributed by atoms with Crippen molar-refractivity contribution in [2.24, 2.45) is 0 Å². The molecular formula is C24H16Cl3N3O5. The predicted octanol–water partition coefficient (Wildman–Crippen LogP) is 6.69. The Kier molecular flexibility index (Phi) is 8.55. The summed E-state index contributed by atoms with van der Waals surface area (Å²) >= 11 is 18.4. The molecule has 0 aromatic heterocycles. The first-order chi connectivity index (χ1) is 16.7. The summed E-state index contributed by atoms with van der Waals surface area (Å²) in [6.45, 7) is -0.000802. The van der Waals surface area contributed by atoms with E-state index in [9.17, 15) is 20.2 Å². The van der Waals surface area contributed by atoms with Crippen molar-refractivity contribution in [2.45, 2.75) is 6.61 Å². The number of amides is 1. The molecule has 3 aromatic carbocycles. The molecule has 0 bridgehead atoms. The minimum Gasteiger partial charge on any atom is -0.493 e. The van der Waals surface area contributed by atoms with Crippen LogP contribution < -0.4 is 14.8 Å². The minimum atomic E-state index is -0.697. The van der Waals surface area contributed by atoms with Crippen LogP contribution in [0.4, 0.5) is 11.4 Å². The summed E-state index contributed by atoms with van der Waals surface area (Å²) < 4.78 is 11.1. The van der Waals surface area contributed by atoms with Gasteiger partial charge in [-0.3, -0.25) is 14.9 Å². The molecule has 0 aliphatic carbocycles. The second kappa shape index (κ2) is 11.6. The summed E-state index contributed by atoms with van der Waals surface area (Å²) in [6.07, 6.45) is 1.33. The van der Waals surface area contributed by atoms with Crippen LogP contribution in [0.15, 0.2) is 60.2 Å². The Bertz CT molecular complexity index is 1370. The lowest BCUT2D eigenvalue weighted by Crippen LogP contribution is -2.13. The van der Waals surface area contributed by atoms with Gasteiger partial charge in [0.05, 0.1) is 32.8 Å². The van der Waals surface area contributed by atoms with Crippen LogP contribution in [0.25, 0.3) is 6.08 Å². The lowest BCUT2D eigenvalue weighted by atomic mass is 10.1. The van der Waals surface area contributed by atoms with Crippen molar-refractivity contribution >= 4 is 58.2 Å². The van der Waals surface area contributed by atoms with Crippen LogP contribution in [-0.2, 0) is 11.4 Å². The smallest absolute Gasteiger partial charge is 0.269 e. The highest BCUT2D eigenvalue weighted by atomic mass is 35.5. The van der Waals surface area contributed by atoms with E-state index in [1.54, 1.807) is 30.3 Å². The average molecular weight is 533 g/mol. The number of hydrogen-bond donors (Lipinski definition) is 1. The lowest BCUT2D eigenvalue weighted by Gasteiger charge is -2.14. The van der Waals surface area contributed by atoms with E-state index < -0.39 is 10.8 Å². The molecule has 0 unspecified atom stereocenters. The van der Waals surface area contributed by atoms with Crippen LogP contribution in [0.1, 0.15) is 11.1 Å². The number of rotatable bonds is 8. The molecule has 0 radical (unpaired) electrons. The molecule has 0 spiro atoms. The molecule has 3 rings (SSSR count). The third-order valence-electron chi connectivity index (χ3n) is 4.63. The van der Waals surface area contributed by atoms with Crippen molar-refractivity contribution < 1.29 is 19.2 Å². The number of nitriles is 1. The fourth-order valence-corrected chi connectivity index (χ4v) is 3.61. The summed E-state index contributed by atoms with van der Waals surface area (Å²) in [5, 5.41) is 23.6. The Hall–Kier alpha value is -3.77. The number of nitrogens with zero attached hydrogens (tertiary/aromatic N) is 2. The van der Waals surface area contributed by atoms with Crippen LogP contribution >= 0.6 is 34.8 Å². The summed E-state index contributed by atoms with van der Waals surface area (Å²) in [6, 6.07) is 15.6. The highest BCUT2D eigenvalue weighted by Gasteiger charge is 2.16. The topological polar surface area (TPSA) is 114 Å². The molecule has 11 heteroatoms. The summed E-state index contributed by atoms with van der Waals surface area (Å²) in [5.74, 6) is -0.256. The van der Waals surface area contributed by atoms with Gasteiger partial charge in [0.15, 0.2) is 11.5 Å². The van der Waals surface area contributed by atoms with Gasteiger partial charge < -0.3 is 14.8 Å². The number of halogens is 3. The van der Waals surface area contributed by atoms with Crippen molar-refractivity contribution in [3.8, 4) is 17.6 Å². The first-order valence-corrected chi connectivity index (χ1v) is 11.0. The van der Waals surface area contributed by atoms with Crippen molar-refractivity contribution in [2.75, 3.05) is 12.4 Å². The number of nitrogens with one attached hydrogen (secondary N) is 1. The molecule has 0 saturated carbocycles. The zero-order valence-corrected chi connectivity index (χ0v) is 20.3. The number of benzene rings is 3. The summed E-state index contributed by atoms with van der Waals surface area (Å²) in [5.41, 5.74) is 0.934. The number of hydrogen-bond acceptors (Lipinski definition) is 6. The number of nitro benzene ring substituents is 1.